The van der Waals surface area contributed by atoms with Crippen molar-refractivity contribution in [2.75, 3.05) is 5.75 Å². The van der Waals surface area contributed by atoms with Gasteiger partial charge in [0.2, 0.25) is 11.8 Å². The summed E-state index contributed by atoms with van der Waals surface area (Å²) in [6.07, 6.45) is 1.98. The third-order valence-corrected chi connectivity index (χ3v) is 4.79. The normalized spacial score (nSPS) is 21.2. The maximum Gasteiger partial charge on any atom is 0.243 e. The molecule has 1 aliphatic heterocycles. The zero-order valence-electron chi connectivity index (χ0n) is 11.7. The van der Waals surface area contributed by atoms with Crippen molar-refractivity contribution in [3.63, 3.8) is 0 Å². The number of amides is 2. The van der Waals surface area contributed by atoms with E-state index in [1.54, 1.807) is 0 Å². The van der Waals surface area contributed by atoms with Crippen LogP contribution in [0.4, 0.5) is 0 Å². The van der Waals surface area contributed by atoms with Crippen LogP contribution in [0.1, 0.15) is 47.0 Å². The van der Waals surface area contributed by atoms with Crippen LogP contribution in [0.5, 0.6) is 0 Å². The molecular formula is C13H24N2O2S. The highest BCUT2D eigenvalue weighted by molar-refractivity contribution is 8.00. The monoisotopic (exact) mass is 272 g/mol. The molecule has 0 saturated carbocycles. The van der Waals surface area contributed by atoms with Gasteiger partial charge in [-0.3, -0.25) is 14.5 Å². The maximum absolute atomic E-state index is 12.2. The van der Waals surface area contributed by atoms with Crippen LogP contribution in [0.25, 0.3) is 0 Å². The molecule has 5 heteroatoms. The van der Waals surface area contributed by atoms with E-state index in [0.717, 1.165) is 12.8 Å². The zero-order valence-corrected chi connectivity index (χ0v) is 12.5. The fourth-order valence-corrected chi connectivity index (χ4v) is 3.25. The van der Waals surface area contributed by atoms with Crippen LogP contribution in [0.2, 0.25) is 0 Å². The average molecular weight is 272 g/mol. The van der Waals surface area contributed by atoms with Crippen molar-refractivity contribution in [1.29, 1.82) is 0 Å². The molecule has 2 N–H and O–H groups in total. The Balaban J connectivity index is 2.66. The number of hydrogen-bond acceptors (Lipinski definition) is 4. The van der Waals surface area contributed by atoms with Crippen LogP contribution < -0.4 is 5.73 Å². The fraction of sp³-hybridized carbons (Fsp3) is 0.846. The van der Waals surface area contributed by atoms with E-state index in [-0.39, 0.29) is 28.6 Å². The van der Waals surface area contributed by atoms with Gasteiger partial charge in [0.05, 0.1) is 5.25 Å². The molecule has 1 saturated heterocycles. The Morgan fingerprint density at radius 1 is 1.39 bits per heavy atom. The van der Waals surface area contributed by atoms with E-state index in [1.807, 2.05) is 27.7 Å². The van der Waals surface area contributed by atoms with Crippen molar-refractivity contribution in [2.45, 2.75) is 63.8 Å². The molecule has 1 atom stereocenters. The zero-order chi connectivity index (χ0) is 13.9. The van der Waals surface area contributed by atoms with Crippen LogP contribution in [0.3, 0.4) is 0 Å². The van der Waals surface area contributed by atoms with Gasteiger partial charge in [0.1, 0.15) is 0 Å². The number of thioether (sulfide) groups is 1. The van der Waals surface area contributed by atoms with E-state index in [0.29, 0.717) is 12.2 Å². The standard InChI is InChI=1S/C13H24N2O2S/c1-5-9(6-2)15-11(16)7-10(12(15)17)18-8-13(3,4)14/h9-10H,5-8,14H2,1-4H3. The van der Waals surface area contributed by atoms with E-state index < -0.39 is 0 Å². The highest BCUT2D eigenvalue weighted by Gasteiger charge is 2.41. The number of rotatable bonds is 6. The molecule has 0 aromatic heterocycles. The van der Waals surface area contributed by atoms with Gasteiger partial charge in [-0.05, 0) is 26.7 Å². The van der Waals surface area contributed by atoms with E-state index in [2.05, 4.69) is 0 Å². The summed E-state index contributed by atoms with van der Waals surface area (Å²) < 4.78 is 0. The third-order valence-electron chi connectivity index (χ3n) is 3.11. The second-order valence-corrected chi connectivity index (χ2v) is 6.76. The van der Waals surface area contributed by atoms with Crippen LogP contribution in [0, 0.1) is 0 Å². The molecule has 2 amide bonds. The molecule has 1 fully saturated rings. The molecule has 0 aromatic rings. The Morgan fingerprint density at radius 2 is 1.94 bits per heavy atom. The molecule has 0 radical (unpaired) electrons. The molecule has 0 aliphatic carbocycles. The molecule has 18 heavy (non-hydrogen) atoms. The summed E-state index contributed by atoms with van der Waals surface area (Å²) in [6.45, 7) is 7.89. The van der Waals surface area contributed by atoms with E-state index in [4.69, 9.17) is 5.73 Å². The molecule has 1 aliphatic rings. The number of nitrogens with zero attached hydrogens (tertiary/aromatic N) is 1. The highest BCUT2D eigenvalue weighted by atomic mass is 32.2. The minimum absolute atomic E-state index is 0.0250. The van der Waals surface area contributed by atoms with Gasteiger partial charge in [-0.15, -0.1) is 11.8 Å². The summed E-state index contributed by atoms with van der Waals surface area (Å²) in [5.74, 6) is 0.636. The lowest BCUT2D eigenvalue weighted by atomic mass is 10.1. The second kappa shape index (κ2) is 6.06. The van der Waals surface area contributed by atoms with Crippen LogP contribution in [-0.4, -0.2) is 39.3 Å². The number of hydrogen-bond donors (Lipinski definition) is 1. The van der Waals surface area contributed by atoms with E-state index in [9.17, 15) is 9.59 Å². The van der Waals surface area contributed by atoms with Gasteiger partial charge >= 0.3 is 0 Å². The molecule has 0 bridgehead atoms. The van der Waals surface area contributed by atoms with E-state index in [1.165, 1.54) is 16.7 Å². The van der Waals surface area contributed by atoms with Gasteiger partial charge < -0.3 is 5.73 Å². The predicted molar refractivity (Wildman–Crippen MR) is 75.4 cm³/mol. The largest absolute Gasteiger partial charge is 0.325 e. The van der Waals surface area contributed by atoms with Gasteiger partial charge in [0.15, 0.2) is 0 Å². The SMILES string of the molecule is CCC(CC)N1C(=O)CC(SCC(C)(C)N)C1=O. The lowest BCUT2D eigenvalue weighted by Crippen LogP contribution is -2.40. The van der Waals surface area contributed by atoms with Crippen molar-refractivity contribution in [3.8, 4) is 0 Å². The molecule has 0 aromatic carbocycles. The molecule has 0 spiro atoms. The first-order chi connectivity index (χ1) is 8.30. The topological polar surface area (TPSA) is 63.4 Å². The van der Waals surface area contributed by atoms with Gasteiger partial charge in [-0.2, -0.15) is 0 Å². The second-order valence-electron chi connectivity index (χ2n) is 5.56. The highest BCUT2D eigenvalue weighted by Crippen LogP contribution is 2.29. The lowest BCUT2D eigenvalue weighted by molar-refractivity contribution is -0.141. The summed E-state index contributed by atoms with van der Waals surface area (Å²) in [6, 6.07) is 0.0569. The first-order valence-electron chi connectivity index (χ1n) is 6.56. The first-order valence-corrected chi connectivity index (χ1v) is 7.61. The fourth-order valence-electron chi connectivity index (χ4n) is 2.11. The van der Waals surface area contributed by atoms with Gasteiger partial charge in [0.25, 0.3) is 0 Å². The number of carbonyl (C=O) groups is 2. The lowest BCUT2D eigenvalue weighted by Gasteiger charge is -2.24. The van der Waals surface area contributed by atoms with Crippen LogP contribution >= 0.6 is 11.8 Å². The molecule has 1 heterocycles. The van der Waals surface area contributed by atoms with Crippen LogP contribution in [0.15, 0.2) is 0 Å². The molecule has 1 rings (SSSR count). The van der Waals surface area contributed by atoms with Crippen LogP contribution in [-0.2, 0) is 9.59 Å². The number of nitrogens with two attached hydrogens (primary N) is 1. The number of carbonyl (C=O) groups excluding carboxylic acids is 2. The minimum atomic E-state index is -0.309. The summed E-state index contributed by atoms with van der Waals surface area (Å²) >= 11 is 1.51. The molecule has 104 valence electrons. The minimum Gasteiger partial charge on any atom is -0.325 e. The van der Waals surface area contributed by atoms with E-state index >= 15 is 0 Å². The Morgan fingerprint density at radius 3 is 2.39 bits per heavy atom. The Kier molecular flexibility index (Phi) is 5.22. The first kappa shape index (κ1) is 15.5. The quantitative estimate of drug-likeness (QED) is 0.749. The summed E-state index contributed by atoms with van der Waals surface area (Å²) in [5.41, 5.74) is 5.60. The average Bonchev–Trinajstić information content (AvgIpc) is 2.54. The summed E-state index contributed by atoms with van der Waals surface area (Å²) in [5, 5.41) is -0.235. The predicted octanol–water partition coefficient (Wildman–Crippen LogP) is 1.77. The summed E-state index contributed by atoms with van der Waals surface area (Å²) in [7, 11) is 0. The van der Waals surface area contributed by atoms with Gasteiger partial charge in [-0.25, -0.2) is 0 Å². The van der Waals surface area contributed by atoms with Crippen molar-refractivity contribution in [2.24, 2.45) is 5.73 Å². The molecule has 4 nitrogen and oxygen atoms in total. The van der Waals surface area contributed by atoms with Gasteiger partial charge in [0, 0.05) is 23.8 Å². The maximum atomic E-state index is 12.2. The van der Waals surface area contributed by atoms with Crippen molar-refractivity contribution in [3.05, 3.63) is 0 Å². The third kappa shape index (κ3) is 3.72. The Labute approximate surface area is 114 Å². The van der Waals surface area contributed by atoms with Crippen molar-refractivity contribution >= 4 is 23.6 Å². The number of likely N-dealkylation sites (tertiary alicyclic amines) is 1. The Hall–Kier alpha value is -0.550. The van der Waals surface area contributed by atoms with Gasteiger partial charge in [-0.1, -0.05) is 13.8 Å². The Bertz CT molecular complexity index is 321. The number of imide groups is 1. The smallest absolute Gasteiger partial charge is 0.243 e. The van der Waals surface area contributed by atoms with Crippen molar-refractivity contribution in [1.82, 2.24) is 4.90 Å². The molecule has 1 unspecified atom stereocenters. The molecular weight excluding hydrogens is 248 g/mol. The summed E-state index contributed by atoms with van der Waals surface area (Å²) in [4.78, 5) is 25.6. The van der Waals surface area contributed by atoms with Crippen molar-refractivity contribution < 1.29 is 9.59 Å².